The lowest BCUT2D eigenvalue weighted by Gasteiger charge is -2.14. The van der Waals surface area contributed by atoms with Crippen LogP contribution >= 0.6 is 0 Å². The Hall–Kier alpha value is -2.03. The van der Waals surface area contributed by atoms with Gasteiger partial charge in [-0.1, -0.05) is 48.6 Å². The topological polar surface area (TPSA) is 40.5 Å². The molecule has 1 N–H and O–H groups in total. The van der Waals surface area contributed by atoms with Crippen LogP contribution in [0.3, 0.4) is 0 Å². The van der Waals surface area contributed by atoms with Crippen molar-refractivity contribution in [2.75, 3.05) is 13.1 Å². The predicted molar refractivity (Wildman–Crippen MR) is 65.3 cm³/mol. The zero-order valence-corrected chi connectivity index (χ0v) is 9.04. The number of hydrogen-bond acceptors (Lipinski definition) is 1. The van der Waals surface area contributed by atoms with Crippen molar-refractivity contribution >= 4 is 12.2 Å². The highest BCUT2D eigenvalue weighted by molar-refractivity contribution is 5.65. The molecule has 0 aliphatic carbocycles. The van der Waals surface area contributed by atoms with Gasteiger partial charge in [0.05, 0.1) is 0 Å². The number of carbonyl (C=O) groups is 1. The summed E-state index contributed by atoms with van der Waals surface area (Å²) in [6.07, 6.45) is 4.37. The van der Waals surface area contributed by atoms with Gasteiger partial charge in [-0.3, -0.25) is 0 Å². The van der Waals surface area contributed by atoms with E-state index in [1.807, 2.05) is 42.5 Å². The van der Waals surface area contributed by atoms with Gasteiger partial charge in [0, 0.05) is 13.1 Å². The van der Waals surface area contributed by atoms with Crippen LogP contribution in [0.25, 0.3) is 6.08 Å². The standard InChI is InChI=1S/C13H15NO2/c1-2-10-14(13(15)16)11-6-9-12-7-4-3-5-8-12/h2-9H,1,10-11H2,(H,15,16). The summed E-state index contributed by atoms with van der Waals surface area (Å²) in [4.78, 5) is 12.1. The Morgan fingerprint density at radius 3 is 2.56 bits per heavy atom. The summed E-state index contributed by atoms with van der Waals surface area (Å²) in [7, 11) is 0. The first-order chi connectivity index (χ1) is 7.74. The second-order valence-corrected chi connectivity index (χ2v) is 3.29. The van der Waals surface area contributed by atoms with E-state index >= 15 is 0 Å². The molecule has 0 saturated heterocycles. The Morgan fingerprint density at radius 2 is 2.00 bits per heavy atom. The minimum Gasteiger partial charge on any atom is -0.465 e. The van der Waals surface area contributed by atoms with Crippen molar-refractivity contribution in [1.29, 1.82) is 0 Å². The van der Waals surface area contributed by atoms with Crippen LogP contribution in [0, 0.1) is 0 Å². The first-order valence-electron chi connectivity index (χ1n) is 5.04. The lowest BCUT2D eigenvalue weighted by molar-refractivity contribution is 0.155. The van der Waals surface area contributed by atoms with Gasteiger partial charge >= 0.3 is 6.09 Å². The highest BCUT2D eigenvalue weighted by Crippen LogP contribution is 2.01. The van der Waals surface area contributed by atoms with Crippen LogP contribution in [0.15, 0.2) is 49.1 Å². The Labute approximate surface area is 95.3 Å². The van der Waals surface area contributed by atoms with Crippen LogP contribution < -0.4 is 0 Å². The molecule has 0 unspecified atom stereocenters. The maximum Gasteiger partial charge on any atom is 0.407 e. The Kier molecular flexibility index (Phi) is 4.86. The predicted octanol–water partition coefficient (Wildman–Crippen LogP) is 2.87. The molecule has 1 rings (SSSR count). The molecule has 0 aliphatic rings. The summed E-state index contributed by atoms with van der Waals surface area (Å²) >= 11 is 0. The summed E-state index contributed by atoms with van der Waals surface area (Å²) < 4.78 is 0. The van der Waals surface area contributed by atoms with Gasteiger partial charge in [0.1, 0.15) is 0 Å². The van der Waals surface area contributed by atoms with Crippen LogP contribution in [0.2, 0.25) is 0 Å². The first kappa shape index (κ1) is 12.0. The van der Waals surface area contributed by atoms with Gasteiger partial charge in [0.2, 0.25) is 0 Å². The molecule has 3 heteroatoms. The monoisotopic (exact) mass is 217 g/mol. The van der Waals surface area contributed by atoms with Gasteiger partial charge in [-0.15, -0.1) is 6.58 Å². The van der Waals surface area contributed by atoms with Gasteiger partial charge in [0.15, 0.2) is 0 Å². The maximum atomic E-state index is 10.8. The number of carboxylic acid groups (broad SMARTS) is 1. The van der Waals surface area contributed by atoms with E-state index in [1.54, 1.807) is 6.08 Å². The zero-order chi connectivity index (χ0) is 11.8. The minimum atomic E-state index is -0.933. The zero-order valence-electron chi connectivity index (χ0n) is 9.04. The van der Waals surface area contributed by atoms with Crippen LogP contribution in [-0.4, -0.2) is 29.2 Å². The van der Waals surface area contributed by atoms with Gasteiger partial charge in [-0.2, -0.15) is 0 Å². The number of benzene rings is 1. The molecule has 0 atom stereocenters. The third-order valence-electron chi connectivity index (χ3n) is 2.06. The SMILES string of the molecule is C=CCN(CC=Cc1ccccc1)C(=O)O. The summed E-state index contributed by atoms with van der Waals surface area (Å²) in [5.41, 5.74) is 1.06. The van der Waals surface area contributed by atoms with Crippen molar-refractivity contribution in [3.05, 3.63) is 54.6 Å². The molecule has 1 aromatic rings. The number of amides is 1. The van der Waals surface area contributed by atoms with Crippen molar-refractivity contribution in [3.8, 4) is 0 Å². The van der Waals surface area contributed by atoms with Crippen molar-refractivity contribution in [1.82, 2.24) is 4.90 Å². The lowest BCUT2D eigenvalue weighted by Crippen LogP contribution is -2.29. The normalized spacial score (nSPS) is 10.2. The van der Waals surface area contributed by atoms with Gasteiger partial charge in [-0.05, 0) is 5.56 Å². The highest BCUT2D eigenvalue weighted by atomic mass is 16.4. The van der Waals surface area contributed by atoms with E-state index in [0.717, 1.165) is 5.56 Å². The molecule has 0 bridgehead atoms. The largest absolute Gasteiger partial charge is 0.465 e. The molecule has 0 aliphatic heterocycles. The van der Waals surface area contributed by atoms with Crippen LogP contribution in [0.4, 0.5) is 4.79 Å². The van der Waals surface area contributed by atoms with Gasteiger partial charge < -0.3 is 10.0 Å². The van der Waals surface area contributed by atoms with Gasteiger partial charge in [-0.25, -0.2) is 4.79 Å². The van der Waals surface area contributed by atoms with Crippen LogP contribution in [0.1, 0.15) is 5.56 Å². The molecule has 0 aromatic heterocycles. The van der Waals surface area contributed by atoms with Crippen LogP contribution in [0.5, 0.6) is 0 Å². The highest BCUT2D eigenvalue weighted by Gasteiger charge is 2.06. The fourth-order valence-corrected chi connectivity index (χ4v) is 1.27. The molecule has 1 aromatic carbocycles. The molecule has 84 valence electrons. The quantitative estimate of drug-likeness (QED) is 0.770. The minimum absolute atomic E-state index is 0.342. The van der Waals surface area contributed by atoms with E-state index < -0.39 is 6.09 Å². The third kappa shape index (κ3) is 4.00. The summed E-state index contributed by atoms with van der Waals surface area (Å²) in [5, 5.41) is 8.85. The molecular formula is C13H15NO2. The Morgan fingerprint density at radius 1 is 1.31 bits per heavy atom. The molecule has 0 spiro atoms. The molecule has 0 radical (unpaired) electrons. The summed E-state index contributed by atoms with van der Waals surface area (Å²) in [5.74, 6) is 0. The molecular weight excluding hydrogens is 202 g/mol. The van der Waals surface area contributed by atoms with E-state index in [4.69, 9.17) is 5.11 Å². The Balaban J connectivity index is 2.52. The summed E-state index contributed by atoms with van der Waals surface area (Å²) in [6, 6.07) is 9.76. The van der Waals surface area contributed by atoms with Crippen molar-refractivity contribution in [2.24, 2.45) is 0 Å². The van der Waals surface area contributed by atoms with Crippen molar-refractivity contribution in [3.63, 3.8) is 0 Å². The second-order valence-electron chi connectivity index (χ2n) is 3.29. The third-order valence-corrected chi connectivity index (χ3v) is 2.06. The summed E-state index contributed by atoms with van der Waals surface area (Å²) in [6.45, 7) is 4.23. The Bertz CT molecular complexity index is 371. The number of hydrogen-bond donors (Lipinski definition) is 1. The lowest BCUT2D eigenvalue weighted by atomic mass is 10.2. The second kappa shape index (κ2) is 6.45. The van der Waals surface area contributed by atoms with E-state index in [9.17, 15) is 4.79 Å². The van der Waals surface area contributed by atoms with E-state index in [2.05, 4.69) is 6.58 Å². The molecule has 16 heavy (non-hydrogen) atoms. The van der Waals surface area contributed by atoms with E-state index in [0.29, 0.717) is 13.1 Å². The number of rotatable bonds is 5. The first-order valence-corrected chi connectivity index (χ1v) is 5.04. The van der Waals surface area contributed by atoms with Crippen molar-refractivity contribution in [2.45, 2.75) is 0 Å². The fraction of sp³-hybridized carbons (Fsp3) is 0.154. The molecule has 1 amide bonds. The number of nitrogens with zero attached hydrogens (tertiary/aromatic N) is 1. The van der Waals surface area contributed by atoms with E-state index in [1.165, 1.54) is 4.90 Å². The fourth-order valence-electron chi connectivity index (χ4n) is 1.27. The van der Waals surface area contributed by atoms with E-state index in [-0.39, 0.29) is 0 Å². The average molecular weight is 217 g/mol. The van der Waals surface area contributed by atoms with Gasteiger partial charge in [0.25, 0.3) is 0 Å². The van der Waals surface area contributed by atoms with Crippen molar-refractivity contribution < 1.29 is 9.90 Å². The molecule has 3 nitrogen and oxygen atoms in total. The maximum absolute atomic E-state index is 10.8. The average Bonchev–Trinajstić information content (AvgIpc) is 2.29. The molecule has 0 heterocycles. The molecule has 0 saturated carbocycles. The smallest absolute Gasteiger partial charge is 0.407 e. The molecule has 0 fully saturated rings. The van der Waals surface area contributed by atoms with Crippen LogP contribution in [-0.2, 0) is 0 Å².